The summed E-state index contributed by atoms with van der Waals surface area (Å²) in [5.74, 6) is 1.97. The van der Waals surface area contributed by atoms with E-state index >= 15 is 0 Å². The van der Waals surface area contributed by atoms with Gasteiger partial charge in [-0.3, -0.25) is 0 Å². The van der Waals surface area contributed by atoms with Crippen LogP contribution in [0.1, 0.15) is 44.4 Å². The predicted octanol–water partition coefficient (Wildman–Crippen LogP) is 5.74. The minimum absolute atomic E-state index is 0.0322. The summed E-state index contributed by atoms with van der Waals surface area (Å²) < 4.78 is 7.85. The van der Waals surface area contributed by atoms with Crippen LogP contribution in [0.15, 0.2) is 51.4 Å². The van der Waals surface area contributed by atoms with Crippen molar-refractivity contribution in [2.45, 2.75) is 43.5 Å². The van der Waals surface area contributed by atoms with Gasteiger partial charge in [-0.25, -0.2) is 0 Å². The zero-order chi connectivity index (χ0) is 20.6. The molecule has 0 saturated carbocycles. The summed E-state index contributed by atoms with van der Waals surface area (Å²) in [6, 6.07) is 12.5. The molecule has 4 rings (SSSR count). The second kappa shape index (κ2) is 7.76. The first-order valence-electron chi connectivity index (χ1n) is 9.37. The molecule has 4 aromatic rings. The molecule has 0 saturated heterocycles. The number of benzene rings is 1. The fraction of sp³-hybridized carbons (Fsp3) is 0.333. The van der Waals surface area contributed by atoms with E-state index in [9.17, 15) is 0 Å². The fourth-order valence-corrected chi connectivity index (χ4v) is 4.38. The van der Waals surface area contributed by atoms with Gasteiger partial charge in [0.2, 0.25) is 5.89 Å². The normalized spacial score (nSPS) is 13.0. The molecule has 0 aliphatic rings. The van der Waals surface area contributed by atoms with Crippen LogP contribution in [-0.4, -0.2) is 25.0 Å². The fourth-order valence-electron chi connectivity index (χ4n) is 2.90. The van der Waals surface area contributed by atoms with Gasteiger partial charge in [0.05, 0.1) is 10.1 Å². The predicted molar refractivity (Wildman–Crippen MR) is 117 cm³/mol. The molecular weight excluding hydrogens is 402 g/mol. The number of aromatic nitrogens is 5. The van der Waals surface area contributed by atoms with Crippen molar-refractivity contribution in [1.82, 2.24) is 25.0 Å². The molecule has 0 unspecified atom stereocenters. The Morgan fingerprint density at radius 3 is 2.45 bits per heavy atom. The molecule has 0 N–H and O–H groups in total. The average molecular weight is 426 g/mol. The van der Waals surface area contributed by atoms with Crippen molar-refractivity contribution in [3.8, 4) is 22.2 Å². The molecule has 3 aromatic heterocycles. The molecular formula is C21H23N5OS2. The maximum atomic E-state index is 5.85. The smallest absolute Gasteiger partial charge is 0.257 e. The first kappa shape index (κ1) is 19.8. The second-order valence-electron chi connectivity index (χ2n) is 7.88. The summed E-state index contributed by atoms with van der Waals surface area (Å²) in [4.78, 5) is 0.973. The molecule has 0 aliphatic heterocycles. The Hall–Kier alpha value is -2.45. The van der Waals surface area contributed by atoms with Gasteiger partial charge in [0.15, 0.2) is 11.0 Å². The van der Waals surface area contributed by atoms with Gasteiger partial charge in [0.25, 0.3) is 5.89 Å². The Labute approximate surface area is 178 Å². The highest BCUT2D eigenvalue weighted by molar-refractivity contribution is 7.99. The van der Waals surface area contributed by atoms with Crippen molar-refractivity contribution >= 4 is 23.1 Å². The highest BCUT2D eigenvalue weighted by Crippen LogP contribution is 2.36. The van der Waals surface area contributed by atoms with E-state index in [1.807, 2.05) is 36.1 Å². The topological polar surface area (TPSA) is 69.6 Å². The van der Waals surface area contributed by atoms with Crippen molar-refractivity contribution in [3.63, 3.8) is 0 Å². The van der Waals surface area contributed by atoms with Crippen molar-refractivity contribution < 1.29 is 4.42 Å². The van der Waals surface area contributed by atoms with Gasteiger partial charge in [0.1, 0.15) is 0 Å². The number of hydrogen-bond donors (Lipinski definition) is 0. The van der Waals surface area contributed by atoms with Crippen LogP contribution in [0.5, 0.6) is 0 Å². The molecule has 0 fully saturated rings. The number of rotatable bonds is 5. The summed E-state index contributed by atoms with van der Waals surface area (Å²) in [7, 11) is 1.98. The van der Waals surface area contributed by atoms with E-state index < -0.39 is 0 Å². The Balaban J connectivity index is 1.51. The summed E-state index contributed by atoms with van der Waals surface area (Å²) in [6.07, 6.45) is 0. The first-order chi connectivity index (χ1) is 13.8. The van der Waals surface area contributed by atoms with Crippen LogP contribution in [0.3, 0.4) is 0 Å². The monoisotopic (exact) mass is 425 g/mol. The Morgan fingerprint density at radius 2 is 1.79 bits per heavy atom. The van der Waals surface area contributed by atoms with Gasteiger partial charge < -0.3 is 8.98 Å². The standard InChI is InChI=1S/C21H23N5OS2/c1-13(18-23-24-19(27-18)16-7-6-12-28-16)29-20-25-22-17(26(20)5)14-8-10-15(11-9-14)21(2,3)4/h6-13H,1-5H3/t13-/m0/s1. The maximum absolute atomic E-state index is 5.85. The molecule has 0 aliphatic carbocycles. The number of thiophene rings is 1. The van der Waals surface area contributed by atoms with Crippen LogP contribution in [0.4, 0.5) is 0 Å². The van der Waals surface area contributed by atoms with Gasteiger partial charge >= 0.3 is 0 Å². The quantitative estimate of drug-likeness (QED) is 0.380. The van der Waals surface area contributed by atoms with Crippen LogP contribution in [0.25, 0.3) is 22.2 Å². The van der Waals surface area contributed by atoms with Gasteiger partial charge in [-0.15, -0.1) is 31.7 Å². The Kier molecular flexibility index (Phi) is 5.31. The van der Waals surface area contributed by atoms with Crippen molar-refractivity contribution in [1.29, 1.82) is 0 Å². The van der Waals surface area contributed by atoms with E-state index in [4.69, 9.17) is 4.42 Å². The van der Waals surface area contributed by atoms with Crippen molar-refractivity contribution in [3.05, 3.63) is 53.2 Å². The lowest BCUT2D eigenvalue weighted by atomic mass is 9.87. The van der Waals surface area contributed by atoms with Crippen LogP contribution in [0, 0.1) is 0 Å². The number of thioether (sulfide) groups is 1. The Morgan fingerprint density at radius 1 is 1.03 bits per heavy atom. The lowest BCUT2D eigenvalue weighted by Crippen LogP contribution is -2.10. The molecule has 0 bridgehead atoms. The molecule has 3 heterocycles. The van der Waals surface area contributed by atoms with Crippen LogP contribution < -0.4 is 0 Å². The van der Waals surface area contributed by atoms with Gasteiger partial charge in [0, 0.05) is 12.6 Å². The van der Waals surface area contributed by atoms with Gasteiger partial charge in [-0.1, -0.05) is 62.9 Å². The molecule has 6 nitrogen and oxygen atoms in total. The van der Waals surface area contributed by atoms with Gasteiger partial charge in [-0.05, 0) is 29.3 Å². The second-order valence-corrected chi connectivity index (χ2v) is 10.1. The molecule has 1 atom stereocenters. The minimum Gasteiger partial charge on any atom is -0.419 e. The lowest BCUT2D eigenvalue weighted by molar-refractivity contribution is 0.509. The first-order valence-corrected chi connectivity index (χ1v) is 11.1. The molecule has 0 spiro atoms. The molecule has 150 valence electrons. The molecule has 0 radical (unpaired) electrons. The Bertz CT molecular complexity index is 1090. The zero-order valence-corrected chi connectivity index (χ0v) is 18.7. The molecule has 29 heavy (non-hydrogen) atoms. The molecule has 8 heteroatoms. The van der Waals surface area contributed by atoms with E-state index in [-0.39, 0.29) is 10.7 Å². The maximum Gasteiger partial charge on any atom is 0.257 e. The van der Waals surface area contributed by atoms with Gasteiger partial charge in [-0.2, -0.15) is 0 Å². The third-order valence-electron chi connectivity index (χ3n) is 4.65. The van der Waals surface area contributed by atoms with E-state index in [0.717, 1.165) is 21.4 Å². The van der Waals surface area contributed by atoms with E-state index in [0.29, 0.717) is 11.8 Å². The van der Waals surface area contributed by atoms with Crippen LogP contribution in [-0.2, 0) is 12.5 Å². The van der Waals surface area contributed by atoms with E-state index in [1.54, 1.807) is 23.1 Å². The van der Waals surface area contributed by atoms with Crippen LogP contribution >= 0.6 is 23.1 Å². The largest absolute Gasteiger partial charge is 0.419 e. The van der Waals surface area contributed by atoms with Crippen molar-refractivity contribution in [2.75, 3.05) is 0 Å². The zero-order valence-electron chi connectivity index (χ0n) is 17.1. The lowest BCUT2D eigenvalue weighted by Gasteiger charge is -2.19. The number of hydrogen-bond acceptors (Lipinski definition) is 7. The summed E-state index contributed by atoms with van der Waals surface area (Å²) in [6.45, 7) is 8.66. The van der Waals surface area contributed by atoms with Crippen LogP contribution in [0.2, 0.25) is 0 Å². The average Bonchev–Trinajstić information content (AvgIpc) is 3.42. The highest BCUT2D eigenvalue weighted by Gasteiger charge is 2.21. The molecule has 1 aromatic carbocycles. The summed E-state index contributed by atoms with van der Waals surface area (Å²) in [5.41, 5.74) is 2.47. The highest BCUT2D eigenvalue weighted by atomic mass is 32.2. The van der Waals surface area contributed by atoms with E-state index in [2.05, 4.69) is 65.4 Å². The summed E-state index contributed by atoms with van der Waals surface area (Å²) in [5, 5.41) is 19.9. The third-order valence-corrected chi connectivity index (χ3v) is 6.63. The minimum atomic E-state index is -0.0322. The summed E-state index contributed by atoms with van der Waals surface area (Å²) >= 11 is 3.13. The number of nitrogens with zero attached hydrogens (tertiary/aromatic N) is 5. The SMILES string of the molecule is C[C@H](Sc1nnc(-c2ccc(C(C)(C)C)cc2)n1C)c1nnc(-c2cccs2)o1. The third kappa shape index (κ3) is 4.13. The van der Waals surface area contributed by atoms with E-state index in [1.165, 1.54) is 5.56 Å². The molecule has 0 amide bonds. The van der Waals surface area contributed by atoms with Crippen molar-refractivity contribution in [2.24, 2.45) is 7.05 Å².